The molecule has 0 heterocycles. The van der Waals surface area contributed by atoms with E-state index < -0.39 is 22.3 Å². The van der Waals surface area contributed by atoms with Gasteiger partial charge in [0.2, 0.25) is 0 Å². The lowest BCUT2D eigenvalue weighted by Crippen LogP contribution is -2.49. The summed E-state index contributed by atoms with van der Waals surface area (Å²) >= 11 is 1.22. The normalized spacial score (nSPS) is 11.1. The quantitative estimate of drug-likeness (QED) is 0.427. The molecule has 126 valence electrons. The molecule has 0 saturated heterocycles. The second-order valence-electron chi connectivity index (χ2n) is 5.16. The minimum absolute atomic E-state index is 0.137. The van der Waals surface area contributed by atoms with Crippen LogP contribution in [0.25, 0.3) is 0 Å². The fraction of sp³-hybridized carbons (Fsp3) is 0.467. The van der Waals surface area contributed by atoms with E-state index in [4.69, 9.17) is 5.11 Å². The number of hydrogen-bond acceptors (Lipinski definition) is 5. The van der Waals surface area contributed by atoms with Gasteiger partial charge in [-0.1, -0.05) is 13.8 Å². The number of benzene rings is 1. The summed E-state index contributed by atoms with van der Waals surface area (Å²) in [6.07, 6.45) is 2.42. The van der Waals surface area contributed by atoms with Gasteiger partial charge in [-0.25, -0.2) is 0 Å². The van der Waals surface area contributed by atoms with Crippen molar-refractivity contribution >= 4 is 29.3 Å². The van der Waals surface area contributed by atoms with Gasteiger partial charge in [-0.3, -0.25) is 19.7 Å². The first kappa shape index (κ1) is 19.0. The molecule has 0 fully saturated rings. The minimum Gasteiger partial charge on any atom is -0.481 e. The van der Waals surface area contributed by atoms with E-state index in [9.17, 15) is 19.7 Å². The highest BCUT2D eigenvalue weighted by Gasteiger charge is 2.31. The van der Waals surface area contributed by atoms with Crippen LogP contribution < -0.4 is 5.32 Å². The molecule has 1 amide bonds. The third-order valence-corrected chi connectivity index (χ3v) is 4.64. The number of nitrogens with zero attached hydrogens (tertiary/aromatic N) is 1. The second-order valence-corrected chi connectivity index (χ2v) is 6.00. The first-order valence-corrected chi connectivity index (χ1v) is 8.37. The van der Waals surface area contributed by atoms with Crippen LogP contribution in [0.3, 0.4) is 0 Å². The van der Waals surface area contributed by atoms with Gasteiger partial charge >= 0.3 is 5.97 Å². The number of carboxylic acids is 1. The topological polar surface area (TPSA) is 110 Å². The Bertz CT molecular complexity index is 614. The van der Waals surface area contributed by atoms with Gasteiger partial charge in [0.05, 0.1) is 21.8 Å². The van der Waals surface area contributed by atoms with Crippen LogP contribution in [0.15, 0.2) is 23.1 Å². The van der Waals surface area contributed by atoms with Crippen molar-refractivity contribution in [3.63, 3.8) is 0 Å². The number of carbonyl (C=O) groups is 2. The van der Waals surface area contributed by atoms with Gasteiger partial charge in [-0.05, 0) is 31.2 Å². The Morgan fingerprint density at radius 3 is 2.39 bits per heavy atom. The summed E-state index contributed by atoms with van der Waals surface area (Å²) in [6, 6.07) is 4.25. The molecule has 23 heavy (non-hydrogen) atoms. The Labute approximate surface area is 138 Å². The summed E-state index contributed by atoms with van der Waals surface area (Å²) in [6.45, 7) is 3.60. The number of amides is 1. The van der Waals surface area contributed by atoms with E-state index in [2.05, 4.69) is 5.32 Å². The van der Waals surface area contributed by atoms with Crippen LogP contribution in [-0.2, 0) is 4.79 Å². The SMILES string of the molecule is CCC(CC)(CC(=O)O)NC(=O)c1ccc(SC)c([N+](=O)[O-])c1. The lowest BCUT2D eigenvalue weighted by Gasteiger charge is -2.31. The van der Waals surface area contributed by atoms with Gasteiger partial charge in [0, 0.05) is 11.6 Å². The van der Waals surface area contributed by atoms with Crippen LogP contribution in [0.2, 0.25) is 0 Å². The average Bonchev–Trinajstić information content (AvgIpc) is 2.52. The van der Waals surface area contributed by atoms with Crippen LogP contribution in [0.1, 0.15) is 43.5 Å². The molecule has 0 aliphatic carbocycles. The van der Waals surface area contributed by atoms with Crippen molar-refractivity contribution in [1.29, 1.82) is 0 Å². The minimum atomic E-state index is -1.00. The molecule has 0 bridgehead atoms. The highest BCUT2D eigenvalue weighted by Crippen LogP contribution is 2.29. The largest absolute Gasteiger partial charge is 0.481 e. The third-order valence-electron chi connectivity index (χ3n) is 3.86. The smallest absolute Gasteiger partial charge is 0.305 e. The molecule has 0 unspecified atom stereocenters. The van der Waals surface area contributed by atoms with E-state index in [0.29, 0.717) is 17.7 Å². The molecule has 0 atom stereocenters. The Kier molecular flexibility index (Phi) is 6.56. The number of nitrogens with one attached hydrogen (secondary N) is 1. The zero-order chi connectivity index (χ0) is 17.6. The van der Waals surface area contributed by atoms with Gasteiger partial charge in [0.15, 0.2) is 0 Å². The van der Waals surface area contributed by atoms with Gasteiger partial charge in [0.1, 0.15) is 0 Å². The lowest BCUT2D eigenvalue weighted by atomic mass is 9.88. The molecule has 8 heteroatoms. The molecule has 0 aromatic heterocycles. The van der Waals surface area contributed by atoms with Crippen molar-refractivity contribution in [3.05, 3.63) is 33.9 Å². The van der Waals surface area contributed by atoms with E-state index in [1.807, 2.05) is 0 Å². The highest BCUT2D eigenvalue weighted by atomic mass is 32.2. The van der Waals surface area contributed by atoms with Crippen molar-refractivity contribution in [1.82, 2.24) is 5.32 Å². The number of nitro benzene ring substituents is 1. The van der Waals surface area contributed by atoms with Gasteiger partial charge in [-0.15, -0.1) is 11.8 Å². The Morgan fingerprint density at radius 2 is 1.96 bits per heavy atom. The zero-order valence-corrected chi connectivity index (χ0v) is 14.1. The monoisotopic (exact) mass is 340 g/mol. The van der Waals surface area contributed by atoms with Crippen LogP contribution in [0.4, 0.5) is 5.69 Å². The Balaban J connectivity index is 3.11. The summed E-state index contributed by atoms with van der Waals surface area (Å²) in [7, 11) is 0. The number of carbonyl (C=O) groups excluding carboxylic acids is 1. The maximum absolute atomic E-state index is 12.4. The predicted molar refractivity (Wildman–Crippen MR) is 87.9 cm³/mol. The molecule has 0 aliphatic heterocycles. The third kappa shape index (κ3) is 4.69. The second kappa shape index (κ2) is 7.96. The number of hydrogen-bond donors (Lipinski definition) is 2. The number of carboxylic acid groups (broad SMARTS) is 1. The summed E-state index contributed by atoms with van der Waals surface area (Å²) < 4.78 is 0. The van der Waals surface area contributed by atoms with E-state index in [1.165, 1.54) is 30.0 Å². The average molecular weight is 340 g/mol. The van der Waals surface area contributed by atoms with Crippen molar-refractivity contribution in [3.8, 4) is 0 Å². The molecule has 0 spiro atoms. The van der Waals surface area contributed by atoms with Crippen LogP contribution in [0.5, 0.6) is 0 Å². The number of rotatable bonds is 8. The Hall–Kier alpha value is -2.09. The van der Waals surface area contributed by atoms with Gasteiger partial charge in [-0.2, -0.15) is 0 Å². The van der Waals surface area contributed by atoms with E-state index in [0.717, 1.165) is 0 Å². The summed E-state index contributed by atoms with van der Waals surface area (Å²) in [5, 5.41) is 22.8. The maximum Gasteiger partial charge on any atom is 0.305 e. The molecule has 7 nitrogen and oxygen atoms in total. The molecule has 1 aromatic carbocycles. The molecule has 2 N–H and O–H groups in total. The number of aliphatic carboxylic acids is 1. The molecular weight excluding hydrogens is 320 g/mol. The first-order chi connectivity index (χ1) is 10.8. The van der Waals surface area contributed by atoms with E-state index in [1.54, 1.807) is 20.1 Å². The van der Waals surface area contributed by atoms with Crippen molar-refractivity contribution in [2.24, 2.45) is 0 Å². The zero-order valence-electron chi connectivity index (χ0n) is 13.3. The van der Waals surface area contributed by atoms with Crippen LogP contribution >= 0.6 is 11.8 Å². The van der Waals surface area contributed by atoms with Crippen LogP contribution in [0, 0.1) is 10.1 Å². The van der Waals surface area contributed by atoms with Crippen molar-refractivity contribution in [2.75, 3.05) is 6.26 Å². The van der Waals surface area contributed by atoms with Gasteiger partial charge in [0.25, 0.3) is 11.6 Å². The molecule has 0 radical (unpaired) electrons. The lowest BCUT2D eigenvalue weighted by molar-refractivity contribution is -0.387. The van der Waals surface area contributed by atoms with E-state index >= 15 is 0 Å². The number of thioether (sulfide) groups is 1. The van der Waals surface area contributed by atoms with Crippen LogP contribution in [-0.4, -0.2) is 33.7 Å². The fourth-order valence-electron chi connectivity index (χ4n) is 2.30. The summed E-state index contributed by atoms with van der Waals surface area (Å²) in [5.74, 6) is -1.51. The summed E-state index contributed by atoms with van der Waals surface area (Å²) in [4.78, 5) is 34.4. The summed E-state index contributed by atoms with van der Waals surface area (Å²) in [5.41, 5.74) is -0.858. The fourth-order valence-corrected chi connectivity index (χ4v) is 2.84. The predicted octanol–water partition coefficient (Wildman–Crippen LogP) is 3.08. The Morgan fingerprint density at radius 1 is 1.35 bits per heavy atom. The van der Waals surface area contributed by atoms with Gasteiger partial charge < -0.3 is 10.4 Å². The molecular formula is C15H20N2O5S. The van der Waals surface area contributed by atoms with Crippen molar-refractivity contribution < 1.29 is 19.6 Å². The maximum atomic E-state index is 12.4. The highest BCUT2D eigenvalue weighted by molar-refractivity contribution is 7.98. The molecule has 1 rings (SSSR count). The molecule has 0 aliphatic rings. The number of nitro groups is 1. The molecule has 0 saturated carbocycles. The standard InChI is InChI=1S/C15H20N2O5S/c1-4-15(5-2,9-13(18)19)16-14(20)10-6-7-12(23-3)11(8-10)17(21)22/h6-8H,4-5,9H2,1-3H3,(H,16,20)(H,18,19). The van der Waals surface area contributed by atoms with Crippen molar-refractivity contribution in [2.45, 2.75) is 43.5 Å². The molecule has 1 aromatic rings. The first-order valence-electron chi connectivity index (χ1n) is 7.15. The van der Waals surface area contributed by atoms with E-state index in [-0.39, 0.29) is 17.7 Å².